The molecular formula is C16H12ClFN2O3. The summed E-state index contributed by atoms with van der Waals surface area (Å²) in [6.07, 6.45) is 0. The third-order valence-electron chi connectivity index (χ3n) is 3.31. The molecule has 1 heterocycles. The zero-order chi connectivity index (χ0) is 16.4. The summed E-state index contributed by atoms with van der Waals surface area (Å²) in [4.78, 5) is 23.8. The average Bonchev–Trinajstić information content (AvgIpc) is 2.93. The Hall–Kier alpha value is -2.44. The number of fused-ring (bicyclic) bond motifs is 1. The SMILES string of the molecule is O=C(Nc1cc(F)cc(Cl)c1)C(=O)Nc1ccc2c(c1)COC2. The van der Waals surface area contributed by atoms with Crippen LogP contribution < -0.4 is 10.6 Å². The summed E-state index contributed by atoms with van der Waals surface area (Å²) >= 11 is 5.69. The molecule has 0 unspecified atom stereocenters. The molecule has 1 aliphatic heterocycles. The lowest BCUT2D eigenvalue weighted by molar-refractivity contribution is -0.133. The Labute approximate surface area is 136 Å². The molecule has 118 valence electrons. The summed E-state index contributed by atoms with van der Waals surface area (Å²) in [5.41, 5.74) is 2.63. The maximum atomic E-state index is 13.2. The quantitative estimate of drug-likeness (QED) is 0.829. The second-order valence-corrected chi connectivity index (χ2v) is 5.48. The molecule has 7 heteroatoms. The van der Waals surface area contributed by atoms with Gasteiger partial charge in [-0.05, 0) is 41.5 Å². The van der Waals surface area contributed by atoms with Crippen molar-refractivity contribution in [2.45, 2.75) is 13.2 Å². The van der Waals surface area contributed by atoms with Crippen LogP contribution in [0.1, 0.15) is 11.1 Å². The third-order valence-corrected chi connectivity index (χ3v) is 3.52. The highest BCUT2D eigenvalue weighted by atomic mass is 35.5. The highest BCUT2D eigenvalue weighted by molar-refractivity contribution is 6.43. The fraction of sp³-hybridized carbons (Fsp3) is 0.125. The molecular weight excluding hydrogens is 323 g/mol. The van der Waals surface area contributed by atoms with E-state index in [2.05, 4.69) is 10.6 Å². The number of anilines is 2. The molecule has 0 aliphatic carbocycles. The molecule has 2 N–H and O–H groups in total. The van der Waals surface area contributed by atoms with Crippen molar-refractivity contribution in [3.05, 3.63) is 58.4 Å². The smallest absolute Gasteiger partial charge is 0.314 e. The molecule has 0 bridgehead atoms. The van der Waals surface area contributed by atoms with Crippen LogP contribution in [0.4, 0.5) is 15.8 Å². The first-order chi connectivity index (χ1) is 11.0. The number of carbonyl (C=O) groups is 2. The number of amides is 2. The van der Waals surface area contributed by atoms with Crippen LogP contribution in [0.5, 0.6) is 0 Å². The number of halogens is 2. The van der Waals surface area contributed by atoms with Crippen LogP contribution in [0.15, 0.2) is 36.4 Å². The summed E-state index contributed by atoms with van der Waals surface area (Å²) in [6, 6.07) is 8.81. The predicted molar refractivity (Wildman–Crippen MR) is 83.6 cm³/mol. The normalized spacial score (nSPS) is 12.6. The van der Waals surface area contributed by atoms with Gasteiger partial charge in [0.05, 0.1) is 13.2 Å². The zero-order valence-corrected chi connectivity index (χ0v) is 12.6. The first-order valence-electron chi connectivity index (χ1n) is 6.79. The molecule has 5 nitrogen and oxygen atoms in total. The van der Waals surface area contributed by atoms with E-state index in [1.807, 2.05) is 6.07 Å². The molecule has 0 saturated heterocycles. The van der Waals surface area contributed by atoms with Gasteiger partial charge in [0.25, 0.3) is 0 Å². The zero-order valence-electron chi connectivity index (χ0n) is 11.9. The minimum atomic E-state index is -0.914. The van der Waals surface area contributed by atoms with Crippen molar-refractivity contribution >= 4 is 34.8 Å². The molecule has 2 aromatic rings. The molecule has 2 aromatic carbocycles. The van der Waals surface area contributed by atoms with Gasteiger partial charge in [0.2, 0.25) is 0 Å². The van der Waals surface area contributed by atoms with E-state index >= 15 is 0 Å². The minimum absolute atomic E-state index is 0.109. The first kappa shape index (κ1) is 15.5. The molecule has 23 heavy (non-hydrogen) atoms. The van der Waals surface area contributed by atoms with Gasteiger partial charge in [-0.3, -0.25) is 9.59 Å². The lowest BCUT2D eigenvalue weighted by Crippen LogP contribution is -2.29. The van der Waals surface area contributed by atoms with Crippen molar-refractivity contribution in [1.29, 1.82) is 0 Å². The van der Waals surface area contributed by atoms with Gasteiger partial charge in [0.15, 0.2) is 0 Å². The van der Waals surface area contributed by atoms with Crippen molar-refractivity contribution in [3.8, 4) is 0 Å². The molecule has 2 amide bonds. The van der Waals surface area contributed by atoms with Crippen LogP contribution in [-0.4, -0.2) is 11.8 Å². The molecule has 0 aromatic heterocycles. The van der Waals surface area contributed by atoms with Crippen LogP contribution >= 0.6 is 11.6 Å². The minimum Gasteiger partial charge on any atom is -0.372 e. The van der Waals surface area contributed by atoms with Gasteiger partial charge in [0.1, 0.15) is 5.82 Å². The van der Waals surface area contributed by atoms with E-state index in [4.69, 9.17) is 16.3 Å². The van der Waals surface area contributed by atoms with Gasteiger partial charge in [-0.1, -0.05) is 17.7 Å². The highest BCUT2D eigenvalue weighted by Crippen LogP contribution is 2.23. The Balaban J connectivity index is 1.67. The molecule has 0 saturated carbocycles. The van der Waals surface area contributed by atoms with Crippen LogP contribution in [-0.2, 0) is 27.5 Å². The van der Waals surface area contributed by atoms with Crippen molar-refractivity contribution in [2.24, 2.45) is 0 Å². The number of benzene rings is 2. The summed E-state index contributed by atoms with van der Waals surface area (Å²) in [7, 11) is 0. The standard InChI is InChI=1S/C16H12ClFN2O3/c17-11-4-12(18)6-14(5-11)20-16(22)15(21)19-13-2-1-9-7-23-8-10(9)3-13/h1-6H,7-8H2,(H,19,21)(H,20,22). The van der Waals surface area contributed by atoms with E-state index in [0.717, 1.165) is 23.3 Å². The number of nitrogens with one attached hydrogen (secondary N) is 2. The fourth-order valence-electron chi connectivity index (χ4n) is 2.25. The average molecular weight is 335 g/mol. The van der Waals surface area contributed by atoms with Crippen LogP contribution in [0.3, 0.4) is 0 Å². The maximum absolute atomic E-state index is 13.2. The maximum Gasteiger partial charge on any atom is 0.314 e. The highest BCUT2D eigenvalue weighted by Gasteiger charge is 2.17. The van der Waals surface area contributed by atoms with Gasteiger partial charge < -0.3 is 15.4 Å². The van der Waals surface area contributed by atoms with E-state index in [0.29, 0.717) is 18.9 Å². The number of rotatable bonds is 2. The second kappa shape index (κ2) is 6.36. The lowest BCUT2D eigenvalue weighted by Gasteiger charge is -2.08. The Morgan fingerprint density at radius 3 is 2.39 bits per heavy atom. The van der Waals surface area contributed by atoms with E-state index < -0.39 is 17.6 Å². The Morgan fingerprint density at radius 2 is 1.65 bits per heavy atom. The number of hydrogen-bond acceptors (Lipinski definition) is 3. The molecule has 1 aliphatic rings. The van der Waals surface area contributed by atoms with Crippen LogP contribution in [0.25, 0.3) is 0 Å². The number of ether oxygens (including phenoxy) is 1. The largest absolute Gasteiger partial charge is 0.372 e. The van der Waals surface area contributed by atoms with Crippen molar-refractivity contribution in [1.82, 2.24) is 0 Å². The first-order valence-corrected chi connectivity index (χ1v) is 7.17. The summed E-state index contributed by atoms with van der Waals surface area (Å²) < 4.78 is 18.5. The number of hydrogen-bond donors (Lipinski definition) is 2. The number of carbonyl (C=O) groups excluding carboxylic acids is 2. The molecule has 0 radical (unpaired) electrons. The van der Waals surface area contributed by atoms with E-state index in [1.54, 1.807) is 12.1 Å². The van der Waals surface area contributed by atoms with Gasteiger partial charge in [-0.2, -0.15) is 0 Å². The van der Waals surface area contributed by atoms with Crippen molar-refractivity contribution < 1.29 is 18.7 Å². The van der Waals surface area contributed by atoms with Crippen molar-refractivity contribution in [2.75, 3.05) is 10.6 Å². The van der Waals surface area contributed by atoms with Crippen LogP contribution in [0, 0.1) is 5.82 Å². The predicted octanol–water partition coefficient (Wildman–Crippen LogP) is 3.09. The Kier molecular flexibility index (Phi) is 4.27. The second-order valence-electron chi connectivity index (χ2n) is 5.04. The Morgan fingerprint density at radius 1 is 0.957 bits per heavy atom. The molecule has 3 rings (SSSR count). The van der Waals surface area contributed by atoms with E-state index in [-0.39, 0.29) is 10.7 Å². The molecule has 0 fully saturated rings. The molecule has 0 atom stereocenters. The van der Waals surface area contributed by atoms with Gasteiger partial charge in [-0.25, -0.2) is 4.39 Å². The van der Waals surface area contributed by atoms with E-state index in [9.17, 15) is 14.0 Å². The van der Waals surface area contributed by atoms with Gasteiger partial charge >= 0.3 is 11.8 Å². The summed E-state index contributed by atoms with van der Waals surface area (Å²) in [5.74, 6) is -2.38. The van der Waals surface area contributed by atoms with Crippen LogP contribution in [0.2, 0.25) is 5.02 Å². The lowest BCUT2D eigenvalue weighted by atomic mass is 10.1. The Bertz CT molecular complexity index is 775. The monoisotopic (exact) mass is 334 g/mol. The topological polar surface area (TPSA) is 67.4 Å². The van der Waals surface area contributed by atoms with E-state index in [1.165, 1.54) is 6.07 Å². The summed E-state index contributed by atoms with van der Waals surface area (Å²) in [5, 5.41) is 4.91. The van der Waals surface area contributed by atoms with Gasteiger partial charge in [0, 0.05) is 16.4 Å². The fourth-order valence-corrected chi connectivity index (χ4v) is 2.47. The third kappa shape index (κ3) is 3.67. The van der Waals surface area contributed by atoms with Gasteiger partial charge in [-0.15, -0.1) is 0 Å². The summed E-state index contributed by atoms with van der Waals surface area (Å²) in [6.45, 7) is 1.03. The van der Waals surface area contributed by atoms with Crippen molar-refractivity contribution in [3.63, 3.8) is 0 Å². The molecule has 0 spiro atoms.